The first-order valence-electron chi connectivity index (χ1n) is 8.51. The maximum Gasteiger partial charge on any atom is 0.306 e. The lowest BCUT2D eigenvalue weighted by molar-refractivity contribution is -0.147. The largest absolute Gasteiger partial charge is 0.494 e. The van der Waals surface area contributed by atoms with Crippen LogP contribution in [0.25, 0.3) is 0 Å². The van der Waals surface area contributed by atoms with E-state index in [1.165, 1.54) is 11.8 Å². The number of halogens is 1. The molecule has 2 aromatic carbocycles. The Morgan fingerprint density at radius 3 is 2.79 bits per heavy atom. The van der Waals surface area contributed by atoms with Gasteiger partial charge in [-0.05, 0) is 36.8 Å². The molecule has 6 nitrogen and oxygen atoms in total. The third kappa shape index (κ3) is 8.03. The summed E-state index contributed by atoms with van der Waals surface area (Å²) >= 11 is 4.69. The van der Waals surface area contributed by atoms with Crippen LogP contribution in [-0.2, 0) is 14.3 Å². The fourth-order valence-corrected chi connectivity index (χ4v) is 3.22. The van der Waals surface area contributed by atoms with Gasteiger partial charge in [0.15, 0.2) is 6.61 Å². The minimum Gasteiger partial charge on any atom is -0.494 e. The van der Waals surface area contributed by atoms with Gasteiger partial charge in [0, 0.05) is 15.8 Å². The number of nitrogens with zero attached hydrogens (tertiary/aromatic N) is 1. The van der Waals surface area contributed by atoms with Crippen molar-refractivity contribution in [2.45, 2.75) is 17.7 Å². The fourth-order valence-electron chi connectivity index (χ4n) is 2.17. The quantitative estimate of drug-likeness (QED) is 0.319. The van der Waals surface area contributed by atoms with Gasteiger partial charge in [0.2, 0.25) is 0 Å². The molecule has 0 aromatic heterocycles. The van der Waals surface area contributed by atoms with Gasteiger partial charge in [-0.15, -0.1) is 11.8 Å². The number of ether oxygens (including phenoxy) is 2. The molecule has 0 aliphatic heterocycles. The Kier molecular flexibility index (Phi) is 9.39. The lowest BCUT2D eigenvalue weighted by Gasteiger charge is -2.10. The molecule has 0 fully saturated rings. The third-order valence-corrected chi connectivity index (χ3v) is 4.84. The first kappa shape index (κ1) is 21.8. The highest BCUT2D eigenvalue weighted by Gasteiger charge is 2.10. The molecule has 146 valence electrons. The van der Waals surface area contributed by atoms with E-state index in [0.717, 1.165) is 15.1 Å². The second kappa shape index (κ2) is 12.1. The molecule has 28 heavy (non-hydrogen) atoms. The van der Waals surface area contributed by atoms with Gasteiger partial charge in [-0.25, -0.2) is 0 Å². The first-order chi connectivity index (χ1) is 13.6. The molecule has 0 unspecified atom stereocenters. The lowest BCUT2D eigenvalue weighted by atomic mass is 10.3. The number of anilines is 1. The van der Waals surface area contributed by atoms with Gasteiger partial charge >= 0.3 is 5.97 Å². The molecule has 0 saturated carbocycles. The van der Waals surface area contributed by atoms with E-state index >= 15 is 0 Å². The van der Waals surface area contributed by atoms with E-state index in [1.54, 1.807) is 12.1 Å². The average Bonchev–Trinajstić information content (AvgIpc) is 2.69. The summed E-state index contributed by atoms with van der Waals surface area (Å²) in [6, 6.07) is 16.6. The Morgan fingerprint density at radius 1 is 1.18 bits per heavy atom. The molecule has 0 saturated heterocycles. The molecule has 0 heterocycles. The number of thioether (sulfide) groups is 1. The minimum atomic E-state index is -0.458. The Morgan fingerprint density at radius 2 is 2.00 bits per heavy atom. The second-order valence-corrected chi connectivity index (χ2v) is 7.49. The van der Waals surface area contributed by atoms with Crippen molar-refractivity contribution < 1.29 is 19.1 Å². The zero-order valence-electron chi connectivity index (χ0n) is 15.0. The van der Waals surface area contributed by atoms with Crippen molar-refractivity contribution in [2.75, 3.05) is 24.3 Å². The van der Waals surface area contributed by atoms with Crippen molar-refractivity contribution >= 4 is 45.3 Å². The SMILES string of the molecule is N#CCSc1ccccc1NC(=O)COC(=O)CCCOc1cccc(Br)c1. The summed E-state index contributed by atoms with van der Waals surface area (Å²) in [4.78, 5) is 24.6. The molecule has 0 radical (unpaired) electrons. The Labute approximate surface area is 176 Å². The van der Waals surface area contributed by atoms with E-state index in [2.05, 4.69) is 21.2 Å². The van der Waals surface area contributed by atoms with Crippen LogP contribution in [0.15, 0.2) is 57.9 Å². The number of amides is 1. The van der Waals surface area contributed by atoms with Crippen LogP contribution >= 0.6 is 27.7 Å². The molecular weight excluding hydrogens is 444 g/mol. The van der Waals surface area contributed by atoms with Crippen LogP contribution in [0, 0.1) is 11.3 Å². The lowest BCUT2D eigenvalue weighted by Crippen LogP contribution is -2.21. The predicted octanol–water partition coefficient (Wildman–Crippen LogP) is 4.41. The number of nitrogens with one attached hydrogen (secondary N) is 1. The Bertz CT molecular complexity index is 854. The standard InChI is InChI=1S/C20H19BrN2O4S/c21-15-5-3-6-16(13-15)26-11-4-9-20(25)27-14-19(24)23-17-7-1-2-8-18(17)28-12-10-22/h1-3,5-8,13H,4,9,11-12,14H2,(H,23,24). The summed E-state index contributed by atoms with van der Waals surface area (Å²) in [7, 11) is 0. The normalized spacial score (nSPS) is 10.0. The molecule has 0 bridgehead atoms. The highest BCUT2D eigenvalue weighted by Crippen LogP contribution is 2.26. The molecule has 1 amide bonds. The van der Waals surface area contributed by atoms with Gasteiger partial charge in [-0.2, -0.15) is 5.26 Å². The molecule has 1 N–H and O–H groups in total. The van der Waals surface area contributed by atoms with Crippen molar-refractivity contribution in [3.05, 3.63) is 53.0 Å². The third-order valence-electron chi connectivity index (χ3n) is 3.41. The number of rotatable bonds is 10. The van der Waals surface area contributed by atoms with E-state index < -0.39 is 11.9 Å². The number of hydrogen-bond donors (Lipinski definition) is 1. The van der Waals surface area contributed by atoms with Crippen LogP contribution in [0.5, 0.6) is 5.75 Å². The molecule has 2 aromatic rings. The highest BCUT2D eigenvalue weighted by molar-refractivity contribution is 9.10. The molecular formula is C20H19BrN2O4S. The van der Waals surface area contributed by atoms with Gasteiger partial charge < -0.3 is 14.8 Å². The van der Waals surface area contributed by atoms with Crippen molar-refractivity contribution in [3.63, 3.8) is 0 Å². The number of hydrogen-bond acceptors (Lipinski definition) is 6. The maximum atomic E-state index is 12.0. The summed E-state index contributed by atoms with van der Waals surface area (Å²) in [5, 5.41) is 11.4. The van der Waals surface area contributed by atoms with Gasteiger partial charge in [0.05, 0.1) is 24.1 Å². The topological polar surface area (TPSA) is 88.4 Å². The molecule has 8 heteroatoms. The average molecular weight is 463 g/mol. The number of carbonyl (C=O) groups excluding carboxylic acids is 2. The summed E-state index contributed by atoms with van der Waals surface area (Å²) < 4.78 is 11.5. The van der Waals surface area contributed by atoms with Gasteiger partial charge in [-0.1, -0.05) is 34.1 Å². The van der Waals surface area contributed by atoms with Crippen molar-refractivity contribution in [3.8, 4) is 11.8 Å². The molecule has 0 spiro atoms. The van der Waals surface area contributed by atoms with Crippen LogP contribution in [0.4, 0.5) is 5.69 Å². The minimum absolute atomic E-state index is 0.163. The van der Waals surface area contributed by atoms with Crippen LogP contribution in [0.2, 0.25) is 0 Å². The number of benzene rings is 2. The second-order valence-electron chi connectivity index (χ2n) is 5.56. The molecule has 2 rings (SSSR count). The van der Waals surface area contributed by atoms with E-state index in [4.69, 9.17) is 14.7 Å². The summed E-state index contributed by atoms with van der Waals surface area (Å²) in [6.07, 6.45) is 0.649. The fraction of sp³-hybridized carbons (Fsp3) is 0.250. The molecule has 0 aliphatic carbocycles. The maximum absolute atomic E-state index is 12.0. The van der Waals surface area contributed by atoms with Crippen LogP contribution in [0.3, 0.4) is 0 Å². The van der Waals surface area contributed by atoms with Crippen molar-refractivity contribution in [1.29, 1.82) is 5.26 Å². The van der Waals surface area contributed by atoms with E-state index in [9.17, 15) is 9.59 Å². The van der Waals surface area contributed by atoms with Gasteiger partial charge in [0.25, 0.3) is 5.91 Å². The Balaban J connectivity index is 1.67. The number of esters is 1. The van der Waals surface area contributed by atoms with E-state index in [1.807, 2.05) is 42.5 Å². The highest BCUT2D eigenvalue weighted by atomic mass is 79.9. The van der Waals surface area contributed by atoms with E-state index in [-0.39, 0.29) is 18.8 Å². The number of nitriles is 1. The van der Waals surface area contributed by atoms with Gasteiger partial charge in [0.1, 0.15) is 5.75 Å². The van der Waals surface area contributed by atoms with Gasteiger partial charge in [-0.3, -0.25) is 9.59 Å². The van der Waals surface area contributed by atoms with Crippen molar-refractivity contribution in [2.24, 2.45) is 0 Å². The number of carbonyl (C=O) groups is 2. The number of para-hydroxylation sites is 1. The van der Waals surface area contributed by atoms with Crippen LogP contribution in [0.1, 0.15) is 12.8 Å². The van der Waals surface area contributed by atoms with Crippen molar-refractivity contribution in [1.82, 2.24) is 0 Å². The zero-order chi connectivity index (χ0) is 20.2. The first-order valence-corrected chi connectivity index (χ1v) is 10.3. The predicted molar refractivity (Wildman–Crippen MR) is 111 cm³/mol. The molecule has 0 atom stereocenters. The summed E-state index contributed by atoms with van der Waals surface area (Å²) in [5.74, 6) is 0.114. The smallest absolute Gasteiger partial charge is 0.306 e. The van der Waals surface area contributed by atoms with Crippen LogP contribution < -0.4 is 10.1 Å². The monoisotopic (exact) mass is 462 g/mol. The van der Waals surface area contributed by atoms with E-state index in [0.29, 0.717) is 18.7 Å². The van der Waals surface area contributed by atoms with Crippen LogP contribution in [-0.4, -0.2) is 30.8 Å². The zero-order valence-corrected chi connectivity index (χ0v) is 17.4. The summed E-state index contributed by atoms with van der Waals surface area (Å²) in [6.45, 7) is 0.0177. The Hall–Kier alpha value is -2.50. The molecule has 0 aliphatic rings. The summed E-state index contributed by atoms with van der Waals surface area (Å²) in [5.41, 5.74) is 0.589.